The van der Waals surface area contributed by atoms with E-state index in [9.17, 15) is 4.79 Å². The number of aromatic nitrogens is 1. The van der Waals surface area contributed by atoms with Gasteiger partial charge in [-0.2, -0.15) is 0 Å². The lowest BCUT2D eigenvalue weighted by Crippen LogP contribution is -2.01. The minimum atomic E-state index is -1.16. The number of hydrogen-bond donors (Lipinski definition) is 1. The summed E-state index contributed by atoms with van der Waals surface area (Å²) in [7, 11) is 0. The van der Waals surface area contributed by atoms with Gasteiger partial charge in [-0.15, -0.1) is 0 Å². The fourth-order valence-corrected chi connectivity index (χ4v) is 2.25. The Morgan fingerprint density at radius 1 is 1.21 bits per heavy atom. The second-order valence-electron chi connectivity index (χ2n) is 3.46. The van der Waals surface area contributed by atoms with Crippen LogP contribution in [0.25, 0.3) is 0 Å². The van der Waals surface area contributed by atoms with E-state index in [1.54, 1.807) is 0 Å². The molecule has 0 saturated heterocycles. The minimum absolute atomic E-state index is 0.0930. The van der Waals surface area contributed by atoms with Gasteiger partial charge in [-0.25, -0.2) is 9.78 Å². The van der Waals surface area contributed by atoms with E-state index in [-0.39, 0.29) is 27.2 Å². The van der Waals surface area contributed by atoms with Gasteiger partial charge in [0, 0.05) is 11.2 Å². The Hall–Kier alpha value is -1.49. The van der Waals surface area contributed by atoms with Crippen LogP contribution in [0.2, 0.25) is 15.1 Å². The molecule has 0 aliphatic rings. The summed E-state index contributed by atoms with van der Waals surface area (Å²) in [6.45, 7) is 0. The standard InChI is InChI=1S/C12H6Cl3NO3/c13-6-4-8(14)10(9(15)5-6)19-11-7(12(17)18)2-1-3-16-11/h1-5H,(H,17,18). The molecule has 0 aliphatic carbocycles. The first-order chi connectivity index (χ1) is 8.99. The highest BCUT2D eigenvalue weighted by Crippen LogP contribution is 2.38. The van der Waals surface area contributed by atoms with Gasteiger partial charge in [0.1, 0.15) is 5.56 Å². The molecule has 0 fully saturated rings. The molecule has 7 heteroatoms. The summed E-state index contributed by atoms with van der Waals surface area (Å²) in [5.74, 6) is -1.15. The van der Waals surface area contributed by atoms with E-state index in [1.807, 2.05) is 0 Å². The van der Waals surface area contributed by atoms with Gasteiger partial charge in [-0.05, 0) is 24.3 Å². The van der Waals surface area contributed by atoms with Gasteiger partial charge >= 0.3 is 5.97 Å². The summed E-state index contributed by atoms with van der Waals surface area (Å²) in [6, 6.07) is 5.73. The molecule has 1 aromatic heterocycles. The molecule has 2 aromatic rings. The highest BCUT2D eigenvalue weighted by molar-refractivity contribution is 6.40. The first-order valence-electron chi connectivity index (χ1n) is 4.99. The van der Waals surface area contributed by atoms with Crippen molar-refractivity contribution in [2.45, 2.75) is 0 Å². The Morgan fingerprint density at radius 3 is 2.42 bits per heavy atom. The van der Waals surface area contributed by atoms with Crippen molar-refractivity contribution in [1.82, 2.24) is 4.98 Å². The van der Waals surface area contributed by atoms with E-state index in [2.05, 4.69) is 4.98 Å². The van der Waals surface area contributed by atoms with Crippen LogP contribution in [0.1, 0.15) is 10.4 Å². The quantitative estimate of drug-likeness (QED) is 0.903. The number of benzene rings is 1. The zero-order valence-corrected chi connectivity index (χ0v) is 11.5. The topological polar surface area (TPSA) is 59.4 Å². The number of nitrogens with zero attached hydrogens (tertiary/aromatic N) is 1. The van der Waals surface area contributed by atoms with Gasteiger partial charge in [-0.3, -0.25) is 0 Å². The maximum Gasteiger partial charge on any atom is 0.341 e. The molecule has 0 unspecified atom stereocenters. The third-order valence-corrected chi connectivity index (χ3v) is 2.94. The molecular weight excluding hydrogens is 312 g/mol. The van der Waals surface area contributed by atoms with E-state index in [0.29, 0.717) is 5.02 Å². The lowest BCUT2D eigenvalue weighted by Gasteiger charge is -2.10. The van der Waals surface area contributed by atoms with E-state index in [4.69, 9.17) is 44.6 Å². The molecule has 0 aliphatic heterocycles. The number of rotatable bonds is 3. The van der Waals surface area contributed by atoms with Crippen molar-refractivity contribution in [3.8, 4) is 11.6 Å². The summed E-state index contributed by atoms with van der Waals surface area (Å²) in [4.78, 5) is 14.9. The number of halogens is 3. The monoisotopic (exact) mass is 317 g/mol. The average Bonchev–Trinajstić information content (AvgIpc) is 2.34. The summed E-state index contributed by atoms with van der Waals surface area (Å²) >= 11 is 17.7. The van der Waals surface area contributed by atoms with E-state index in [1.165, 1.54) is 30.5 Å². The van der Waals surface area contributed by atoms with Crippen LogP contribution in [-0.2, 0) is 0 Å². The number of ether oxygens (including phenoxy) is 1. The lowest BCUT2D eigenvalue weighted by molar-refractivity contribution is 0.0693. The molecule has 0 radical (unpaired) electrons. The fourth-order valence-electron chi connectivity index (χ4n) is 1.36. The van der Waals surface area contributed by atoms with Crippen LogP contribution in [0.15, 0.2) is 30.5 Å². The van der Waals surface area contributed by atoms with Crippen molar-refractivity contribution in [1.29, 1.82) is 0 Å². The molecule has 0 amide bonds. The molecule has 1 heterocycles. The number of carboxylic acid groups (broad SMARTS) is 1. The van der Waals surface area contributed by atoms with Crippen molar-refractivity contribution in [2.75, 3.05) is 0 Å². The molecule has 1 N–H and O–H groups in total. The van der Waals surface area contributed by atoms with Crippen molar-refractivity contribution in [3.05, 3.63) is 51.1 Å². The maximum atomic E-state index is 11.0. The number of carbonyl (C=O) groups is 1. The Bertz CT molecular complexity index is 623. The summed E-state index contributed by atoms with van der Waals surface area (Å²) in [5.41, 5.74) is -0.0930. The van der Waals surface area contributed by atoms with Gasteiger partial charge in [-0.1, -0.05) is 34.8 Å². The maximum absolute atomic E-state index is 11.0. The third kappa shape index (κ3) is 3.10. The largest absolute Gasteiger partial charge is 0.477 e. The minimum Gasteiger partial charge on any atom is -0.477 e. The van der Waals surface area contributed by atoms with Crippen LogP contribution in [0.4, 0.5) is 0 Å². The highest BCUT2D eigenvalue weighted by atomic mass is 35.5. The smallest absolute Gasteiger partial charge is 0.341 e. The predicted octanol–water partition coefficient (Wildman–Crippen LogP) is 4.53. The summed E-state index contributed by atoms with van der Waals surface area (Å²) in [5, 5.41) is 9.70. The fraction of sp³-hybridized carbons (Fsp3) is 0. The van der Waals surface area contributed by atoms with E-state index >= 15 is 0 Å². The molecule has 0 bridgehead atoms. The van der Waals surface area contributed by atoms with Gasteiger partial charge in [0.25, 0.3) is 0 Å². The molecule has 19 heavy (non-hydrogen) atoms. The predicted molar refractivity (Wildman–Crippen MR) is 72.7 cm³/mol. The second kappa shape index (κ2) is 5.65. The molecule has 1 aromatic carbocycles. The zero-order chi connectivity index (χ0) is 14.0. The number of carboxylic acids is 1. The Kier molecular flexibility index (Phi) is 4.14. The zero-order valence-electron chi connectivity index (χ0n) is 9.23. The van der Waals surface area contributed by atoms with Gasteiger partial charge in [0.15, 0.2) is 5.75 Å². The average molecular weight is 319 g/mol. The van der Waals surface area contributed by atoms with Crippen LogP contribution in [0, 0.1) is 0 Å². The van der Waals surface area contributed by atoms with E-state index in [0.717, 1.165) is 0 Å². The van der Waals surface area contributed by atoms with Gasteiger partial charge in [0.05, 0.1) is 10.0 Å². The van der Waals surface area contributed by atoms with Crippen molar-refractivity contribution < 1.29 is 14.6 Å². The molecule has 4 nitrogen and oxygen atoms in total. The summed E-state index contributed by atoms with van der Waals surface area (Å²) in [6.07, 6.45) is 1.40. The second-order valence-corrected chi connectivity index (χ2v) is 4.71. The Labute approximate surface area is 123 Å². The molecular formula is C12H6Cl3NO3. The van der Waals surface area contributed by atoms with Crippen LogP contribution in [0.3, 0.4) is 0 Å². The highest BCUT2D eigenvalue weighted by Gasteiger charge is 2.16. The lowest BCUT2D eigenvalue weighted by atomic mass is 10.3. The number of aromatic carboxylic acids is 1. The van der Waals surface area contributed by atoms with E-state index < -0.39 is 5.97 Å². The summed E-state index contributed by atoms with van der Waals surface area (Å²) < 4.78 is 5.37. The molecule has 2 rings (SSSR count). The van der Waals surface area contributed by atoms with Crippen molar-refractivity contribution in [3.63, 3.8) is 0 Å². The SMILES string of the molecule is O=C(O)c1cccnc1Oc1c(Cl)cc(Cl)cc1Cl. The molecule has 0 spiro atoms. The van der Waals surface area contributed by atoms with Crippen LogP contribution in [-0.4, -0.2) is 16.1 Å². The molecule has 0 atom stereocenters. The van der Waals surface area contributed by atoms with Crippen molar-refractivity contribution >= 4 is 40.8 Å². The Morgan fingerprint density at radius 2 is 1.84 bits per heavy atom. The van der Waals surface area contributed by atoms with Crippen LogP contribution in [0.5, 0.6) is 11.6 Å². The normalized spacial score (nSPS) is 10.3. The van der Waals surface area contributed by atoms with Crippen molar-refractivity contribution in [2.24, 2.45) is 0 Å². The van der Waals surface area contributed by atoms with Gasteiger partial charge < -0.3 is 9.84 Å². The molecule has 0 saturated carbocycles. The third-order valence-electron chi connectivity index (χ3n) is 2.16. The number of hydrogen-bond acceptors (Lipinski definition) is 3. The number of pyridine rings is 1. The van der Waals surface area contributed by atoms with Crippen LogP contribution < -0.4 is 4.74 Å². The van der Waals surface area contributed by atoms with Gasteiger partial charge in [0.2, 0.25) is 5.88 Å². The Balaban J connectivity index is 2.45. The first-order valence-corrected chi connectivity index (χ1v) is 6.13. The van der Waals surface area contributed by atoms with Crippen LogP contribution >= 0.6 is 34.8 Å². The first kappa shape index (κ1) is 13.9. The molecule has 98 valence electrons.